The van der Waals surface area contributed by atoms with E-state index in [4.69, 9.17) is 11.6 Å². The van der Waals surface area contributed by atoms with Crippen LogP contribution in [0.3, 0.4) is 0 Å². The normalized spacial score (nSPS) is 26.4. The van der Waals surface area contributed by atoms with Crippen LogP contribution in [0.5, 0.6) is 0 Å². The lowest BCUT2D eigenvalue weighted by molar-refractivity contribution is -0.160. The summed E-state index contributed by atoms with van der Waals surface area (Å²) in [4.78, 5) is 39.0. The van der Waals surface area contributed by atoms with Gasteiger partial charge in [0.25, 0.3) is 5.91 Å². The van der Waals surface area contributed by atoms with Crippen molar-refractivity contribution < 1.29 is 37.8 Å². The van der Waals surface area contributed by atoms with Gasteiger partial charge in [-0.3, -0.25) is 14.4 Å². The van der Waals surface area contributed by atoms with Crippen molar-refractivity contribution in [3.8, 4) is 0 Å². The van der Waals surface area contributed by atoms with Gasteiger partial charge < -0.3 is 15.5 Å². The van der Waals surface area contributed by atoms with Gasteiger partial charge in [0.05, 0.1) is 45.5 Å². The molecule has 0 radical (unpaired) electrons. The Bertz CT molecular complexity index is 1510. The molecule has 0 aliphatic heterocycles. The molecule has 2 unspecified atom stereocenters. The number of allylic oxidation sites excluding steroid dienone is 2. The van der Waals surface area contributed by atoms with E-state index < -0.39 is 41.4 Å². The highest BCUT2D eigenvalue weighted by atomic mass is 35.5. The van der Waals surface area contributed by atoms with E-state index in [9.17, 15) is 37.8 Å². The van der Waals surface area contributed by atoms with E-state index in [0.717, 1.165) is 22.2 Å². The van der Waals surface area contributed by atoms with E-state index in [1.807, 2.05) is 6.08 Å². The molecule has 1 aromatic carbocycles. The standard InChI is InChI=1S/C31H33ClF3N3O5/c32-21-4-1-3-20(30(13-14-30)31(33,34)35)25(21)28(41)38-23-15-18(27(40)36-22-5-2-6-24(22)39)11-12-19(23)26(37-38)16-7-9-17(10-8-16)29(42)43/h1,3-4,7,17-18,22,24,39H,2,5-6,8-15H2,(H,36,40)(H,42,43)/t17?,18?,22-,24+/m0/s1. The van der Waals surface area contributed by atoms with Crippen LogP contribution in [-0.4, -0.2) is 56.1 Å². The molecule has 6 rings (SSSR count). The minimum absolute atomic E-state index is 0.106. The van der Waals surface area contributed by atoms with E-state index in [0.29, 0.717) is 56.3 Å². The molecule has 12 heteroatoms. The lowest BCUT2D eigenvalue weighted by Gasteiger charge is -2.26. The first kappa shape index (κ1) is 29.9. The maximum atomic E-state index is 14.2. The zero-order valence-electron chi connectivity index (χ0n) is 23.4. The van der Waals surface area contributed by atoms with Crippen molar-refractivity contribution in [2.24, 2.45) is 11.8 Å². The average molecular weight is 620 g/mol. The Morgan fingerprint density at radius 3 is 2.42 bits per heavy atom. The Morgan fingerprint density at radius 2 is 1.81 bits per heavy atom. The molecule has 1 aromatic heterocycles. The molecule has 1 heterocycles. The smallest absolute Gasteiger partial charge is 0.398 e. The highest BCUT2D eigenvalue weighted by Gasteiger charge is 2.65. The summed E-state index contributed by atoms with van der Waals surface area (Å²) in [6, 6.07) is 3.76. The highest BCUT2D eigenvalue weighted by molar-refractivity contribution is 6.34. The van der Waals surface area contributed by atoms with Gasteiger partial charge in [-0.05, 0) is 81.4 Å². The fourth-order valence-electron chi connectivity index (χ4n) is 7.02. The number of carbonyl (C=O) groups is 3. The number of aromatic nitrogens is 2. The Hall–Kier alpha value is -3.18. The number of nitrogens with zero attached hydrogens (tertiary/aromatic N) is 2. The number of carboxylic acids is 1. The van der Waals surface area contributed by atoms with Crippen molar-refractivity contribution in [3.63, 3.8) is 0 Å². The number of carboxylic acid groups (broad SMARTS) is 1. The number of halogens is 4. The molecule has 8 nitrogen and oxygen atoms in total. The number of rotatable bonds is 6. The number of aliphatic hydroxyl groups excluding tert-OH is 1. The molecular formula is C31H33ClF3N3O5. The quantitative estimate of drug-likeness (QED) is 0.408. The van der Waals surface area contributed by atoms with Crippen molar-refractivity contribution in [2.45, 2.75) is 94.4 Å². The Balaban J connectivity index is 1.40. The molecule has 43 heavy (non-hydrogen) atoms. The third kappa shape index (κ3) is 5.28. The van der Waals surface area contributed by atoms with Gasteiger partial charge in [0.1, 0.15) is 0 Å². The summed E-state index contributed by atoms with van der Waals surface area (Å²) < 4.78 is 43.8. The van der Waals surface area contributed by atoms with E-state index in [2.05, 4.69) is 10.4 Å². The van der Waals surface area contributed by atoms with E-state index in [-0.39, 0.29) is 47.4 Å². The second-order valence-electron chi connectivity index (χ2n) is 12.3. The topological polar surface area (TPSA) is 122 Å². The fraction of sp³-hybridized carbons (Fsp3) is 0.548. The van der Waals surface area contributed by atoms with Crippen LogP contribution in [0.15, 0.2) is 24.3 Å². The molecule has 4 aliphatic rings. The third-order valence-electron chi connectivity index (χ3n) is 9.74. The van der Waals surface area contributed by atoms with Crippen LogP contribution in [0.25, 0.3) is 5.57 Å². The molecule has 3 N–H and O–H groups in total. The summed E-state index contributed by atoms with van der Waals surface area (Å²) >= 11 is 6.45. The molecule has 4 aliphatic carbocycles. The summed E-state index contributed by atoms with van der Waals surface area (Å²) in [6.45, 7) is 0. The number of alkyl halides is 3. The molecule has 0 bridgehead atoms. The first-order valence-corrected chi connectivity index (χ1v) is 15.2. The van der Waals surface area contributed by atoms with Crippen LogP contribution in [-0.2, 0) is 27.8 Å². The van der Waals surface area contributed by atoms with Gasteiger partial charge >= 0.3 is 12.1 Å². The van der Waals surface area contributed by atoms with Crippen LogP contribution in [0.2, 0.25) is 5.02 Å². The highest BCUT2D eigenvalue weighted by Crippen LogP contribution is 2.60. The number of hydrogen-bond acceptors (Lipinski definition) is 5. The zero-order valence-corrected chi connectivity index (χ0v) is 24.2. The number of nitrogens with one attached hydrogen (secondary N) is 1. The Kier molecular flexibility index (Phi) is 7.69. The second kappa shape index (κ2) is 11.1. The number of hydrogen-bond donors (Lipinski definition) is 3. The van der Waals surface area contributed by atoms with Crippen molar-refractivity contribution in [3.05, 3.63) is 57.4 Å². The summed E-state index contributed by atoms with van der Waals surface area (Å²) in [5.74, 6) is -2.96. The molecule has 0 spiro atoms. The van der Waals surface area contributed by atoms with E-state index in [1.54, 1.807) is 0 Å². The number of aliphatic hydroxyl groups is 1. The summed E-state index contributed by atoms with van der Waals surface area (Å²) in [6.07, 6.45) is 0.566. The molecule has 1 amide bonds. The monoisotopic (exact) mass is 619 g/mol. The van der Waals surface area contributed by atoms with Crippen LogP contribution in [0.4, 0.5) is 13.2 Å². The SMILES string of the molecule is O=C(O)C1CC=C(c2nn(C(=O)c3c(Cl)cccc3C3(C(F)(F)F)CC3)c3c2CCC(C(=O)N[C@H]2CCC[C@H]2O)C3)CC1. The minimum atomic E-state index is -4.57. The van der Waals surface area contributed by atoms with Crippen LogP contribution < -0.4 is 5.32 Å². The zero-order chi connectivity index (χ0) is 30.7. The number of aliphatic carboxylic acids is 1. The van der Waals surface area contributed by atoms with Gasteiger partial charge in [-0.25, -0.2) is 0 Å². The minimum Gasteiger partial charge on any atom is -0.481 e. The molecule has 2 saturated carbocycles. The third-order valence-corrected chi connectivity index (χ3v) is 10.1. The molecule has 2 fully saturated rings. The van der Waals surface area contributed by atoms with Crippen molar-refractivity contribution in [1.82, 2.24) is 15.1 Å². The van der Waals surface area contributed by atoms with Gasteiger partial charge in [-0.2, -0.15) is 23.0 Å². The van der Waals surface area contributed by atoms with Gasteiger partial charge in [0.2, 0.25) is 5.91 Å². The predicted molar refractivity (Wildman–Crippen MR) is 151 cm³/mol. The molecule has 230 valence electrons. The lowest BCUT2D eigenvalue weighted by Crippen LogP contribution is -2.44. The largest absolute Gasteiger partial charge is 0.481 e. The van der Waals surface area contributed by atoms with E-state index in [1.165, 1.54) is 18.2 Å². The van der Waals surface area contributed by atoms with Crippen LogP contribution >= 0.6 is 11.6 Å². The molecule has 2 aromatic rings. The van der Waals surface area contributed by atoms with Crippen LogP contribution in [0.1, 0.15) is 90.7 Å². The lowest BCUT2D eigenvalue weighted by atomic mass is 9.82. The maximum absolute atomic E-state index is 14.2. The molecular weight excluding hydrogens is 587 g/mol. The number of benzene rings is 1. The van der Waals surface area contributed by atoms with E-state index >= 15 is 0 Å². The van der Waals surface area contributed by atoms with Gasteiger partial charge in [0, 0.05) is 17.9 Å². The van der Waals surface area contributed by atoms with Crippen molar-refractivity contribution >= 4 is 35.0 Å². The summed E-state index contributed by atoms with van der Waals surface area (Å²) in [5, 5.41) is 27.1. The molecule has 0 saturated heterocycles. The number of fused-ring (bicyclic) bond motifs is 1. The van der Waals surface area contributed by atoms with Crippen molar-refractivity contribution in [1.29, 1.82) is 0 Å². The Morgan fingerprint density at radius 1 is 1.07 bits per heavy atom. The summed E-state index contributed by atoms with van der Waals surface area (Å²) in [5.41, 5.74) is -0.0918. The van der Waals surface area contributed by atoms with Crippen LogP contribution in [0, 0.1) is 11.8 Å². The number of carbonyl (C=O) groups excluding carboxylic acids is 2. The first-order chi connectivity index (χ1) is 20.4. The number of amides is 1. The van der Waals surface area contributed by atoms with Gasteiger partial charge in [-0.15, -0.1) is 0 Å². The predicted octanol–water partition coefficient (Wildman–Crippen LogP) is 5.22. The van der Waals surface area contributed by atoms with Gasteiger partial charge in [-0.1, -0.05) is 29.8 Å². The average Bonchev–Trinajstić information content (AvgIpc) is 3.59. The van der Waals surface area contributed by atoms with Crippen molar-refractivity contribution in [2.75, 3.05) is 0 Å². The molecule has 4 atom stereocenters. The maximum Gasteiger partial charge on any atom is 0.398 e. The summed E-state index contributed by atoms with van der Waals surface area (Å²) in [7, 11) is 0. The van der Waals surface area contributed by atoms with Gasteiger partial charge in [0.15, 0.2) is 0 Å². The Labute approximate surface area is 251 Å². The fourth-order valence-corrected chi connectivity index (χ4v) is 7.28. The first-order valence-electron chi connectivity index (χ1n) is 14.8. The second-order valence-corrected chi connectivity index (χ2v) is 12.7.